The summed E-state index contributed by atoms with van der Waals surface area (Å²) in [6.45, 7) is 3.63. The van der Waals surface area contributed by atoms with E-state index in [4.69, 9.17) is 0 Å². The molecule has 34 heavy (non-hydrogen) atoms. The van der Waals surface area contributed by atoms with Crippen molar-refractivity contribution in [2.24, 2.45) is 0 Å². The summed E-state index contributed by atoms with van der Waals surface area (Å²) in [5, 5.41) is 12.7. The molecule has 6 heteroatoms. The number of carbonyl (C=O) groups excluding carboxylic acids is 1. The number of nitriles is 1. The van der Waals surface area contributed by atoms with Crippen molar-refractivity contribution in [2.75, 3.05) is 13.1 Å². The van der Waals surface area contributed by atoms with Gasteiger partial charge in [0.2, 0.25) is 5.91 Å². The number of nitrogens with one attached hydrogen (secondary N) is 1. The highest BCUT2D eigenvalue weighted by Gasteiger charge is 2.40. The van der Waals surface area contributed by atoms with Gasteiger partial charge in [-0.2, -0.15) is 5.26 Å². The van der Waals surface area contributed by atoms with Gasteiger partial charge in [0.05, 0.1) is 17.7 Å². The summed E-state index contributed by atoms with van der Waals surface area (Å²) in [7, 11) is 0. The van der Waals surface area contributed by atoms with Gasteiger partial charge >= 0.3 is 0 Å². The van der Waals surface area contributed by atoms with Crippen LogP contribution in [0.3, 0.4) is 0 Å². The Bertz CT molecular complexity index is 1070. The molecule has 2 aromatic heterocycles. The molecule has 0 bridgehead atoms. The topological polar surface area (TPSA) is 81.9 Å². The lowest BCUT2D eigenvalue weighted by molar-refractivity contribution is -0.126. The minimum atomic E-state index is -0.219. The van der Waals surface area contributed by atoms with Crippen molar-refractivity contribution in [2.45, 2.75) is 50.6 Å². The quantitative estimate of drug-likeness (QED) is 0.479. The Morgan fingerprint density at radius 3 is 2.44 bits per heavy atom. The number of likely N-dealkylation sites (tertiary alicyclic amines) is 1. The number of rotatable bonds is 9. The van der Waals surface area contributed by atoms with Gasteiger partial charge in [0.1, 0.15) is 0 Å². The maximum atomic E-state index is 13.3. The lowest BCUT2D eigenvalue weighted by Gasteiger charge is -2.38. The normalized spacial score (nSPS) is 16.8. The number of nitrogens with zero attached hydrogens (tertiary/aromatic N) is 4. The van der Waals surface area contributed by atoms with Crippen molar-refractivity contribution in [3.63, 3.8) is 0 Å². The highest BCUT2D eigenvalue weighted by atomic mass is 16.2. The van der Waals surface area contributed by atoms with Crippen LogP contribution >= 0.6 is 0 Å². The highest BCUT2D eigenvalue weighted by Crippen LogP contribution is 2.43. The smallest absolute Gasteiger partial charge is 0.237 e. The number of amides is 1. The number of aromatic nitrogens is 2. The van der Waals surface area contributed by atoms with Crippen LogP contribution in [0.25, 0.3) is 0 Å². The number of hydrogen-bond donors (Lipinski definition) is 1. The van der Waals surface area contributed by atoms with Gasteiger partial charge in [-0.25, -0.2) is 0 Å². The zero-order valence-corrected chi connectivity index (χ0v) is 19.6. The van der Waals surface area contributed by atoms with E-state index in [2.05, 4.69) is 51.4 Å². The predicted octanol–water partition coefficient (Wildman–Crippen LogP) is 4.60. The van der Waals surface area contributed by atoms with E-state index >= 15 is 0 Å². The summed E-state index contributed by atoms with van der Waals surface area (Å²) >= 11 is 0. The second-order valence-electron chi connectivity index (χ2n) is 8.77. The van der Waals surface area contributed by atoms with E-state index in [1.165, 1.54) is 0 Å². The molecular formula is C28H31N5O. The molecule has 174 valence electrons. The molecule has 0 saturated carbocycles. The highest BCUT2D eigenvalue weighted by molar-refractivity contribution is 5.82. The third-order valence-corrected chi connectivity index (χ3v) is 6.54. The lowest BCUT2D eigenvalue weighted by atomic mass is 9.81. The first-order valence-corrected chi connectivity index (χ1v) is 12.1. The average Bonchev–Trinajstić information content (AvgIpc) is 3.38. The van der Waals surface area contributed by atoms with Crippen LogP contribution in [0.15, 0.2) is 73.3 Å². The van der Waals surface area contributed by atoms with E-state index in [1.807, 2.05) is 42.7 Å². The summed E-state index contributed by atoms with van der Waals surface area (Å²) in [6.07, 6.45) is 11.1. The lowest BCUT2D eigenvalue weighted by Crippen LogP contribution is -2.46. The molecule has 1 fully saturated rings. The second-order valence-corrected chi connectivity index (χ2v) is 8.77. The van der Waals surface area contributed by atoms with Gasteiger partial charge in [0, 0.05) is 43.3 Å². The fourth-order valence-corrected chi connectivity index (χ4v) is 4.95. The number of benzene rings is 1. The van der Waals surface area contributed by atoms with E-state index in [9.17, 15) is 10.1 Å². The monoisotopic (exact) mass is 453 g/mol. The van der Waals surface area contributed by atoms with Crippen molar-refractivity contribution >= 4 is 5.91 Å². The third-order valence-electron chi connectivity index (χ3n) is 6.54. The van der Waals surface area contributed by atoms with Crippen LogP contribution in [-0.4, -0.2) is 39.9 Å². The first kappa shape index (κ1) is 23.6. The van der Waals surface area contributed by atoms with E-state index in [0.717, 1.165) is 48.9 Å². The number of unbranched alkanes of at least 4 members (excludes halogenated alkanes) is 1. The first-order valence-electron chi connectivity index (χ1n) is 12.1. The van der Waals surface area contributed by atoms with Crippen molar-refractivity contribution in [1.82, 2.24) is 20.2 Å². The minimum Gasteiger partial charge on any atom is -0.355 e. The largest absolute Gasteiger partial charge is 0.355 e. The molecule has 1 unspecified atom stereocenters. The molecule has 0 spiro atoms. The molecule has 1 saturated heterocycles. The Hall–Kier alpha value is -3.56. The molecule has 1 amide bonds. The van der Waals surface area contributed by atoms with Crippen LogP contribution in [0.4, 0.5) is 0 Å². The molecule has 1 aliphatic rings. The maximum absolute atomic E-state index is 13.3. The Kier molecular flexibility index (Phi) is 8.00. The van der Waals surface area contributed by atoms with E-state index in [1.54, 1.807) is 12.4 Å². The van der Waals surface area contributed by atoms with Gasteiger partial charge < -0.3 is 5.32 Å². The molecular weight excluding hydrogens is 422 g/mol. The number of carbonyl (C=O) groups is 1. The zero-order chi connectivity index (χ0) is 23.8. The summed E-state index contributed by atoms with van der Waals surface area (Å²) in [6, 6.07) is 17.7. The summed E-state index contributed by atoms with van der Waals surface area (Å²) in [5.41, 5.74) is 3.74. The first-order chi connectivity index (χ1) is 16.7. The van der Waals surface area contributed by atoms with Gasteiger partial charge in [-0.3, -0.25) is 19.7 Å². The third kappa shape index (κ3) is 5.32. The minimum absolute atomic E-state index is 0.0866. The molecule has 0 radical (unpaired) electrons. The summed E-state index contributed by atoms with van der Waals surface area (Å²) in [5.74, 6) is -0.0103. The Labute approximate surface area is 201 Å². The standard InChI is InChI=1S/C28H31N5O/c1-2-3-15-32-28(34)25-12-7-16-33(25)27(22-9-4-8-21(17-22)18-29)26(23-10-5-13-30-19-23)24-11-6-14-31-20-24/h4-6,8-11,13-14,17,19-20,25-27H,2-3,7,12,15-16H2,1H3,(H,32,34)/t25-,27?/m0/s1. The SMILES string of the molecule is CCCCNC(=O)[C@@H]1CCCN1C(c1cccc(C#N)c1)C(c1cccnc1)c1cccnc1. The van der Waals surface area contributed by atoms with Crippen molar-refractivity contribution in [1.29, 1.82) is 5.26 Å². The Morgan fingerprint density at radius 1 is 1.12 bits per heavy atom. The van der Waals surface area contributed by atoms with E-state index in [0.29, 0.717) is 12.1 Å². The van der Waals surface area contributed by atoms with E-state index < -0.39 is 0 Å². The van der Waals surface area contributed by atoms with Crippen molar-refractivity contribution in [3.05, 3.63) is 95.6 Å². The van der Waals surface area contributed by atoms with Crippen LogP contribution in [0.2, 0.25) is 0 Å². The van der Waals surface area contributed by atoms with Gasteiger partial charge in [0.25, 0.3) is 0 Å². The van der Waals surface area contributed by atoms with Crippen LogP contribution in [-0.2, 0) is 4.79 Å². The number of pyridine rings is 2. The second kappa shape index (κ2) is 11.5. The van der Waals surface area contributed by atoms with Gasteiger partial charge in [-0.15, -0.1) is 0 Å². The molecule has 1 N–H and O–H groups in total. The molecule has 3 heterocycles. The molecule has 1 aromatic carbocycles. The van der Waals surface area contributed by atoms with Gasteiger partial charge in [-0.05, 0) is 66.8 Å². The molecule has 2 atom stereocenters. The number of hydrogen-bond acceptors (Lipinski definition) is 5. The Morgan fingerprint density at radius 2 is 1.82 bits per heavy atom. The van der Waals surface area contributed by atoms with Crippen LogP contribution < -0.4 is 5.32 Å². The molecule has 0 aliphatic carbocycles. The molecule has 6 nitrogen and oxygen atoms in total. The van der Waals surface area contributed by atoms with Crippen LogP contribution in [0, 0.1) is 11.3 Å². The van der Waals surface area contributed by atoms with Crippen molar-refractivity contribution in [3.8, 4) is 6.07 Å². The average molecular weight is 454 g/mol. The van der Waals surface area contributed by atoms with Crippen LogP contribution in [0.1, 0.15) is 66.8 Å². The maximum Gasteiger partial charge on any atom is 0.237 e. The van der Waals surface area contributed by atoms with Crippen molar-refractivity contribution < 1.29 is 4.79 Å². The van der Waals surface area contributed by atoms with Gasteiger partial charge in [0.15, 0.2) is 0 Å². The fraction of sp³-hybridized carbons (Fsp3) is 0.357. The molecule has 1 aliphatic heterocycles. The van der Waals surface area contributed by atoms with Gasteiger partial charge in [-0.1, -0.05) is 37.6 Å². The Balaban J connectivity index is 1.81. The van der Waals surface area contributed by atoms with Crippen LogP contribution in [0.5, 0.6) is 0 Å². The summed E-state index contributed by atoms with van der Waals surface area (Å²) < 4.78 is 0. The molecule has 3 aromatic rings. The fourth-order valence-electron chi connectivity index (χ4n) is 4.95. The zero-order valence-electron chi connectivity index (χ0n) is 19.6. The molecule has 4 rings (SSSR count). The summed E-state index contributed by atoms with van der Waals surface area (Å²) in [4.78, 5) is 24.4. The predicted molar refractivity (Wildman–Crippen MR) is 132 cm³/mol. The van der Waals surface area contributed by atoms with E-state index in [-0.39, 0.29) is 23.9 Å².